The van der Waals surface area contributed by atoms with Crippen molar-refractivity contribution in [3.05, 3.63) is 41.2 Å². The number of hydrogen-bond acceptors (Lipinski definition) is 0. The predicted octanol–water partition coefficient (Wildman–Crippen LogP) is 3.35. The van der Waals surface area contributed by atoms with Crippen molar-refractivity contribution in [3.63, 3.8) is 0 Å². The number of rotatable bonds is 1. The third-order valence-electron chi connectivity index (χ3n) is 2.69. The first-order valence-corrected chi connectivity index (χ1v) is 4.66. The summed E-state index contributed by atoms with van der Waals surface area (Å²) in [5.74, 6) is -0.0440. The minimum Gasteiger partial charge on any atom is -0.207 e. The monoisotopic (exact) mass is 176 g/mol. The highest BCUT2D eigenvalue weighted by molar-refractivity contribution is 5.66. The summed E-state index contributed by atoms with van der Waals surface area (Å²) in [6, 6.07) is 3.41. The van der Waals surface area contributed by atoms with Crippen LogP contribution in [0.1, 0.15) is 30.0 Å². The van der Waals surface area contributed by atoms with Gasteiger partial charge in [0.25, 0.3) is 0 Å². The van der Waals surface area contributed by atoms with Gasteiger partial charge in [-0.15, -0.1) is 0 Å². The highest BCUT2D eigenvalue weighted by Crippen LogP contribution is 2.30. The zero-order valence-electron chi connectivity index (χ0n) is 7.86. The van der Waals surface area contributed by atoms with E-state index in [2.05, 4.69) is 6.58 Å². The molecule has 0 N–H and O–H groups in total. The van der Waals surface area contributed by atoms with Gasteiger partial charge in [0.15, 0.2) is 0 Å². The first kappa shape index (κ1) is 8.49. The summed E-state index contributed by atoms with van der Waals surface area (Å²) < 4.78 is 13.3. The maximum Gasteiger partial charge on any atom is 0.126 e. The molecule has 1 aliphatic carbocycles. The Morgan fingerprint density at radius 2 is 2.00 bits per heavy atom. The Hall–Kier alpha value is -1.11. The number of halogens is 1. The largest absolute Gasteiger partial charge is 0.207 e. The van der Waals surface area contributed by atoms with Crippen LogP contribution >= 0.6 is 0 Å². The molecule has 0 saturated heterocycles. The van der Waals surface area contributed by atoms with Crippen LogP contribution in [-0.4, -0.2) is 0 Å². The number of fused-ring (bicyclic) bond motifs is 1. The van der Waals surface area contributed by atoms with Crippen molar-refractivity contribution in [1.29, 1.82) is 0 Å². The molecule has 0 amide bonds. The Morgan fingerprint density at radius 3 is 2.69 bits per heavy atom. The molecule has 1 aliphatic rings. The molecule has 0 aromatic heterocycles. The zero-order chi connectivity index (χ0) is 9.42. The van der Waals surface area contributed by atoms with Crippen LogP contribution in [-0.2, 0) is 12.8 Å². The summed E-state index contributed by atoms with van der Waals surface area (Å²) in [5.41, 5.74) is 4.29. The molecule has 0 saturated carbocycles. The van der Waals surface area contributed by atoms with Crippen LogP contribution in [0.3, 0.4) is 0 Å². The van der Waals surface area contributed by atoms with Crippen molar-refractivity contribution >= 4 is 5.57 Å². The normalized spacial score (nSPS) is 14.3. The lowest BCUT2D eigenvalue weighted by Crippen LogP contribution is -1.93. The van der Waals surface area contributed by atoms with Gasteiger partial charge >= 0.3 is 0 Å². The van der Waals surface area contributed by atoms with E-state index in [1.165, 1.54) is 5.56 Å². The van der Waals surface area contributed by atoms with Crippen LogP contribution in [0.5, 0.6) is 0 Å². The second-order valence-corrected chi connectivity index (χ2v) is 3.69. The minimum atomic E-state index is -0.0440. The van der Waals surface area contributed by atoms with E-state index in [1.807, 2.05) is 13.0 Å². The summed E-state index contributed by atoms with van der Waals surface area (Å²) in [7, 11) is 0. The van der Waals surface area contributed by atoms with Gasteiger partial charge in [-0.3, -0.25) is 0 Å². The molecule has 0 aliphatic heterocycles. The molecule has 68 valence electrons. The van der Waals surface area contributed by atoms with E-state index in [-0.39, 0.29) is 5.82 Å². The Bertz CT molecular complexity index is 364. The third kappa shape index (κ3) is 1.28. The van der Waals surface area contributed by atoms with Gasteiger partial charge < -0.3 is 0 Å². The molecule has 0 radical (unpaired) electrons. The lowest BCUT2D eigenvalue weighted by atomic mass is 9.98. The smallest absolute Gasteiger partial charge is 0.126 e. The van der Waals surface area contributed by atoms with E-state index in [1.54, 1.807) is 6.07 Å². The summed E-state index contributed by atoms with van der Waals surface area (Å²) >= 11 is 0. The summed E-state index contributed by atoms with van der Waals surface area (Å²) in [4.78, 5) is 0. The van der Waals surface area contributed by atoms with Crippen molar-refractivity contribution in [3.8, 4) is 0 Å². The van der Waals surface area contributed by atoms with Gasteiger partial charge in [0.2, 0.25) is 0 Å². The van der Waals surface area contributed by atoms with Gasteiger partial charge in [0, 0.05) is 0 Å². The topological polar surface area (TPSA) is 0 Å². The molecule has 0 nitrogen and oxygen atoms in total. The molecule has 2 rings (SSSR count). The molecule has 1 aromatic rings. The highest BCUT2D eigenvalue weighted by Gasteiger charge is 2.18. The molecule has 0 bridgehead atoms. The van der Waals surface area contributed by atoms with Crippen LogP contribution in [0.15, 0.2) is 18.7 Å². The molecule has 0 spiro atoms. The fourth-order valence-corrected chi connectivity index (χ4v) is 2.06. The van der Waals surface area contributed by atoms with Gasteiger partial charge in [-0.2, -0.15) is 0 Å². The Kier molecular flexibility index (Phi) is 1.95. The molecule has 1 aromatic carbocycles. The van der Waals surface area contributed by atoms with E-state index in [9.17, 15) is 4.39 Å². The van der Waals surface area contributed by atoms with Crippen molar-refractivity contribution in [2.45, 2.75) is 26.2 Å². The summed E-state index contributed by atoms with van der Waals surface area (Å²) in [6.07, 6.45) is 2.98. The van der Waals surface area contributed by atoms with E-state index in [0.29, 0.717) is 0 Å². The maximum atomic E-state index is 13.3. The second-order valence-electron chi connectivity index (χ2n) is 3.69. The molecule has 13 heavy (non-hydrogen) atoms. The van der Waals surface area contributed by atoms with Crippen molar-refractivity contribution < 1.29 is 4.39 Å². The van der Waals surface area contributed by atoms with Crippen LogP contribution in [0.25, 0.3) is 5.57 Å². The predicted molar refractivity (Wildman–Crippen MR) is 53.1 cm³/mol. The van der Waals surface area contributed by atoms with Crippen molar-refractivity contribution in [1.82, 2.24) is 0 Å². The van der Waals surface area contributed by atoms with E-state index in [0.717, 1.165) is 36.0 Å². The minimum absolute atomic E-state index is 0.0440. The van der Waals surface area contributed by atoms with Crippen molar-refractivity contribution in [2.75, 3.05) is 0 Å². The van der Waals surface area contributed by atoms with Crippen LogP contribution in [0.4, 0.5) is 4.39 Å². The lowest BCUT2D eigenvalue weighted by Gasteiger charge is -2.08. The molecule has 1 heteroatoms. The number of hydrogen-bond donors (Lipinski definition) is 0. The first-order valence-electron chi connectivity index (χ1n) is 4.66. The Morgan fingerprint density at radius 1 is 1.31 bits per heavy atom. The fourth-order valence-electron chi connectivity index (χ4n) is 2.06. The molecule has 0 heterocycles. The quantitative estimate of drug-likeness (QED) is 0.615. The van der Waals surface area contributed by atoms with E-state index < -0.39 is 0 Å². The Balaban J connectivity index is 2.62. The van der Waals surface area contributed by atoms with E-state index in [4.69, 9.17) is 0 Å². The van der Waals surface area contributed by atoms with Gasteiger partial charge in [-0.05, 0) is 48.9 Å². The molecular formula is C12H13F. The molecule has 0 fully saturated rings. The molecular weight excluding hydrogens is 163 g/mol. The first-order chi connectivity index (χ1) is 6.20. The lowest BCUT2D eigenvalue weighted by molar-refractivity contribution is 0.612. The van der Waals surface area contributed by atoms with Gasteiger partial charge in [0.1, 0.15) is 5.82 Å². The summed E-state index contributed by atoms with van der Waals surface area (Å²) in [6.45, 7) is 5.89. The highest BCUT2D eigenvalue weighted by atomic mass is 19.1. The average molecular weight is 176 g/mol. The number of benzene rings is 1. The van der Waals surface area contributed by atoms with Gasteiger partial charge in [-0.25, -0.2) is 4.39 Å². The second kappa shape index (κ2) is 2.99. The van der Waals surface area contributed by atoms with Crippen LogP contribution < -0.4 is 0 Å². The molecule has 0 unspecified atom stereocenters. The Labute approximate surface area is 78.1 Å². The maximum absolute atomic E-state index is 13.3. The zero-order valence-corrected chi connectivity index (χ0v) is 7.86. The SMILES string of the molecule is C=C(C)c1ccc(F)c2c1CCC2. The molecule has 0 atom stereocenters. The van der Waals surface area contributed by atoms with Gasteiger partial charge in [-0.1, -0.05) is 18.2 Å². The fraction of sp³-hybridized carbons (Fsp3) is 0.333. The summed E-state index contributed by atoms with van der Waals surface area (Å²) in [5, 5.41) is 0. The average Bonchev–Trinajstić information content (AvgIpc) is 2.53. The van der Waals surface area contributed by atoms with Crippen LogP contribution in [0, 0.1) is 5.82 Å². The van der Waals surface area contributed by atoms with Crippen LogP contribution in [0.2, 0.25) is 0 Å². The standard InChI is InChI=1S/C12H13F/c1-8(2)9-6-7-12(13)11-5-3-4-10(9)11/h6-7H,1,3-5H2,2H3. The number of allylic oxidation sites excluding steroid dienone is 1. The van der Waals surface area contributed by atoms with E-state index >= 15 is 0 Å². The van der Waals surface area contributed by atoms with Crippen molar-refractivity contribution in [2.24, 2.45) is 0 Å². The van der Waals surface area contributed by atoms with Gasteiger partial charge in [0.05, 0.1) is 0 Å². The third-order valence-corrected chi connectivity index (χ3v) is 2.69.